The van der Waals surface area contributed by atoms with Crippen molar-refractivity contribution in [3.63, 3.8) is 0 Å². The number of quaternary nitrogens is 1. The zero-order valence-electron chi connectivity index (χ0n) is 19.4. The van der Waals surface area contributed by atoms with Crippen LogP contribution in [-0.2, 0) is 30.8 Å². The fourth-order valence-electron chi connectivity index (χ4n) is 4.93. The molecule has 0 spiro atoms. The van der Waals surface area contributed by atoms with E-state index in [1.165, 1.54) is 0 Å². The van der Waals surface area contributed by atoms with Gasteiger partial charge in [-0.1, -0.05) is 6.07 Å². The lowest BCUT2D eigenvalue weighted by Gasteiger charge is -2.43. The number of fused-ring (bicyclic) bond motifs is 2. The van der Waals surface area contributed by atoms with E-state index in [0.29, 0.717) is 41.0 Å². The van der Waals surface area contributed by atoms with Crippen molar-refractivity contribution in [1.29, 1.82) is 0 Å². The monoisotopic (exact) mass is 569 g/mol. The van der Waals surface area contributed by atoms with Gasteiger partial charge in [0.05, 0.1) is 47.4 Å². The lowest BCUT2D eigenvalue weighted by molar-refractivity contribution is -0.922. The fraction of sp³-hybridized carbons (Fsp3) is 0.480. The van der Waals surface area contributed by atoms with Crippen molar-refractivity contribution in [1.82, 2.24) is 0 Å². The molecule has 0 saturated carbocycles. The third kappa shape index (κ3) is 5.13. The molecule has 1 atom stereocenters. The average Bonchev–Trinajstić information content (AvgIpc) is 3.26. The highest BCUT2D eigenvalue weighted by molar-refractivity contribution is 5.79. The number of halogens is 1. The number of aryl methyl sites for hydroxylation is 1. The molecule has 0 aromatic heterocycles. The molecule has 2 heterocycles. The Morgan fingerprint density at radius 1 is 1.15 bits per heavy atom. The molecule has 0 radical (unpaired) electrons. The first-order chi connectivity index (χ1) is 15.4. The van der Waals surface area contributed by atoms with Crippen LogP contribution in [0.3, 0.4) is 0 Å². The van der Waals surface area contributed by atoms with Crippen LogP contribution in [0.5, 0.6) is 17.2 Å². The Morgan fingerprint density at radius 2 is 1.94 bits per heavy atom. The summed E-state index contributed by atoms with van der Waals surface area (Å²) in [6, 6.07) is 7.49. The van der Waals surface area contributed by atoms with Gasteiger partial charge in [-0.05, 0) is 41.3 Å². The van der Waals surface area contributed by atoms with Gasteiger partial charge < -0.3 is 52.9 Å². The van der Waals surface area contributed by atoms with Gasteiger partial charge in [0, 0.05) is 24.0 Å². The lowest BCUT2D eigenvalue weighted by atomic mass is 9.83. The third-order valence-electron chi connectivity index (χ3n) is 6.86. The molecule has 2 aliphatic heterocycles. The summed E-state index contributed by atoms with van der Waals surface area (Å²) in [5.41, 5.74) is 4.64. The second kappa shape index (κ2) is 10.6. The van der Waals surface area contributed by atoms with E-state index < -0.39 is 0 Å². The first kappa shape index (κ1) is 25.7. The standard InChI is InChI=1S/C25H32NO6.HI/c1-26(2)9-8-17-11-23-25(32-15-31-23)21(14-28)24(17)22(26)12-19(29)6-4-16-10-20(30-3)7-5-18(16)13-27;/h5,7,10-11,22,27-28H,4,6,8-9,12-15H2,1-3H3;1H/q+1;/p-1. The molecule has 0 amide bonds. The number of hydrogen-bond donors (Lipinski definition) is 2. The Kier molecular flexibility index (Phi) is 8.26. The number of methoxy groups -OCH3 is 1. The average molecular weight is 569 g/mol. The number of nitrogens with zero attached hydrogens (tertiary/aromatic N) is 1. The maximum atomic E-state index is 13.1. The van der Waals surface area contributed by atoms with Crippen molar-refractivity contribution < 1.29 is 57.7 Å². The van der Waals surface area contributed by atoms with Crippen LogP contribution in [0.1, 0.15) is 46.7 Å². The fourth-order valence-corrected chi connectivity index (χ4v) is 4.93. The van der Waals surface area contributed by atoms with Gasteiger partial charge in [-0.2, -0.15) is 0 Å². The van der Waals surface area contributed by atoms with Crippen molar-refractivity contribution in [3.8, 4) is 17.2 Å². The van der Waals surface area contributed by atoms with E-state index in [-0.39, 0.29) is 55.8 Å². The lowest BCUT2D eigenvalue weighted by Crippen LogP contribution is -3.00. The number of ketones is 1. The number of aliphatic hydroxyl groups excluding tert-OH is 2. The number of hydrogen-bond acceptors (Lipinski definition) is 6. The number of benzene rings is 2. The first-order valence-electron chi connectivity index (χ1n) is 11.0. The minimum absolute atomic E-state index is 0. The number of carbonyl (C=O) groups is 1. The molecule has 8 heteroatoms. The summed E-state index contributed by atoms with van der Waals surface area (Å²) >= 11 is 0. The molecule has 33 heavy (non-hydrogen) atoms. The molecule has 2 aliphatic rings. The minimum atomic E-state index is -0.150. The Morgan fingerprint density at radius 3 is 2.64 bits per heavy atom. The summed E-state index contributed by atoms with van der Waals surface area (Å²) in [5.74, 6) is 2.16. The smallest absolute Gasteiger partial charge is 0.231 e. The van der Waals surface area contributed by atoms with E-state index in [9.17, 15) is 15.0 Å². The maximum Gasteiger partial charge on any atom is 0.231 e. The quantitative estimate of drug-likeness (QED) is 0.335. The highest BCUT2D eigenvalue weighted by Gasteiger charge is 2.41. The molecule has 0 fully saturated rings. The molecule has 180 valence electrons. The second-order valence-corrected chi connectivity index (χ2v) is 9.12. The highest BCUT2D eigenvalue weighted by atomic mass is 127. The summed E-state index contributed by atoms with van der Waals surface area (Å²) in [6.45, 7) is 0.838. The van der Waals surface area contributed by atoms with Crippen molar-refractivity contribution in [2.75, 3.05) is 34.5 Å². The van der Waals surface area contributed by atoms with Gasteiger partial charge in [0.2, 0.25) is 6.79 Å². The second-order valence-electron chi connectivity index (χ2n) is 9.12. The Bertz CT molecular complexity index is 1020. The van der Waals surface area contributed by atoms with Crippen molar-refractivity contribution in [2.45, 2.75) is 44.9 Å². The van der Waals surface area contributed by atoms with Crippen molar-refractivity contribution in [2.24, 2.45) is 0 Å². The van der Waals surface area contributed by atoms with Gasteiger partial charge in [-0.15, -0.1) is 0 Å². The molecule has 0 aliphatic carbocycles. The van der Waals surface area contributed by atoms with Crippen LogP contribution in [0, 0.1) is 0 Å². The zero-order valence-corrected chi connectivity index (χ0v) is 21.6. The van der Waals surface area contributed by atoms with Gasteiger partial charge in [0.15, 0.2) is 11.5 Å². The van der Waals surface area contributed by atoms with Gasteiger partial charge in [0.1, 0.15) is 17.6 Å². The Hall–Kier alpha value is -1.88. The predicted octanol–water partition coefficient (Wildman–Crippen LogP) is -0.322. The van der Waals surface area contributed by atoms with Gasteiger partial charge >= 0.3 is 0 Å². The van der Waals surface area contributed by atoms with E-state index in [0.717, 1.165) is 40.8 Å². The summed E-state index contributed by atoms with van der Waals surface area (Å²) in [6.07, 6.45) is 2.17. The Balaban J connectivity index is 0.00000306. The van der Waals surface area contributed by atoms with Crippen LogP contribution in [0.25, 0.3) is 0 Å². The van der Waals surface area contributed by atoms with E-state index >= 15 is 0 Å². The molecule has 2 aromatic rings. The van der Waals surface area contributed by atoms with Crippen LogP contribution in [0.15, 0.2) is 24.3 Å². The number of aliphatic hydroxyl groups is 2. The number of carbonyl (C=O) groups excluding carboxylic acids is 1. The predicted molar refractivity (Wildman–Crippen MR) is 119 cm³/mol. The van der Waals surface area contributed by atoms with Crippen LogP contribution in [0.2, 0.25) is 0 Å². The SMILES string of the molecule is COc1ccc(CO)c(CCC(=O)CC2c3c(cc4c(c3CO)OCO4)CC[N+]2(C)C)c1.[I-]. The summed E-state index contributed by atoms with van der Waals surface area (Å²) < 4.78 is 17.2. The summed E-state index contributed by atoms with van der Waals surface area (Å²) in [7, 11) is 5.88. The van der Waals surface area contributed by atoms with Crippen molar-refractivity contribution >= 4 is 5.78 Å². The largest absolute Gasteiger partial charge is 1.00 e. The molecule has 0 bridgehead atoms. The van der Waals surface area contributed by atoms with Gasteiger partial charge in [-0.3, -0.25) is 4.79 Å². The van der Waals surface area contributed by atoms with E-state index in [1.807, 2.05) is 24.3 Å². The van der Waals surface area contributed by atoms with Crippen LogP contribution in [0.4, 0.5) is 0 Å². The van der Waals surface area contributed by atoms with Gasteiger partial charge in [-0.25, -0.2) is 0 Å². The summed E-state index contributed by atoms with van der Waals surface area (Å²) in [4.78, 5) is 13.1. The maximum absolute atomic E-state index is 13.1. The van der Waals surface area contributed by atoms with Crippen LogP contribution in [-0.4, -0.2) is 55.0 Å². The third-order valence-corrected chi connectivity index (χ3v) is 6.86. The zero-order chi connectivity index (χ0) is 22.9. The number of ether oxygens (including phenoxy) is 3. The minimum Gasteiger partial charge on any atom is -1.00 e. The molecule has 7 nitrogen and oxygen atoms in total. The van der Waals surface area contributed by atoms with E-state index in [2.05, 4.69) is 14.1 Å². The number of likely N-dealkylation sites (N-methyl/N-ethyl adjacent to an activating group) is 1. The van der Waals surface area contributed by atoms with Gasteiger partial charge in [0.25, 0.3) is 0 Å². The normalized spacial score (nSPS) is 17.8. The number of rotatable bonds is 8. The van der Waals surface area contributed by atoms with Crippen LogP contribution < -0.4 is 38.2 Å². The van der Waals surface area contributed by atoms with Crippen molar-refractivity contribution in [3.05, 3.63) is 52.1 Å². The molecular weight excluding hydrogens is 537 g/mol. The highest BCUT2D eigenvalue weighted by Crippen LogP contribution is 2.47. The van der Waals surface area contributed by atoms with Crippen LogP contribution >= 0.6 is 0 Å². The molecule has 2 N–H and O–H groups in total. The Labute approximate surface area is 211 Å². The molecule has 4 rings (SSSR count). The van der Waals surface area contributed by atoms with E-state index in [1.54, 1.807) is 7.11 Å². The molecule has 1 unspecified atom stereocenters. The number of Topliss-reactive ketones (excluding diaryl/α,β-unsaturated/α-hetero) is 1. The molecule has 2 aromatic carbocycles. The molecular formula is C25H32INO6. The first-order valence-corrected chi connectivity index (χ1v) is 11.0. The molecule has 0 saturated heterocycles. The summed E-state index contributed by atoms with van der Waals surface area (Å²) in [5, 5.41) is 19.8. The topological polar surface area (TPSA) is 85.2 Å². The van der Waals surface area contributed by atoms with E-state index in [4.69, 9.17) is 14.2 Å².